The molecule has 10 heavy (non-hydrogen) atoms. The van der Waals surface area contributed by atoms with Crippen molar-refractivity contribution in [3.05, 3.63) is 24.0 Å². The highest BCUT2D eigenvalue weighted by atomic mass is 19.1. The fourth-order valence-electron chi connectivity index (χ4n) is 0.614. The van der Waals surface area contributed by atoms with Gasteiger partial charge in [-0.3, -0.25) is 0 Å². The van der Waals surface area contributed by atoms with Gasteiger partial charge in [0.2, 0.25) is 0 Å². The molecular formula is C6H6FN3. The van der Waals surface area contributed by atoms with E-state index < -0.39 is 5.82 Å². The molecule has 0 saturated carbocycles. The average Bonchev–Trinajstić information content (AvgIpc) is 1.94. The Bertz CT molecular complexity index is 259. The summed E-state index contributed by atoms with van der Waals surface area (Å²) in [5, 5.41) is 3.02. The molecule has 0 heterocycles. The van der Waals surface area contributed by atoms with E-state index in [1.165, 1.54) is 12.1 Å². The lowest BCUT2D eigenvalue weighted by Crippen LogP contribution is -1.84. The third kappa shape index (κ3) is 1.10. The van der Waals surface area contributed by atoms with Gasteiger partial charge in [0.1, 0.15) is 11.5 Å². The molecule has 0 saturated heterocycles. The largest absolute Gasteiger partial charge is 0.397 e. The van der Waals surface area contributed by atoms with Crippen molar-refractivity contribution in [2.24, 2.45) is 5.11 Å². The molecule has 52 valence electrons. The Hall–Kier alpha value is -1.45. The number of anilines is 1. The molecule has 0 aliphatic heterocycles. The van der Waals surface area contributed by atoms with Crippen LogP contribution >= 0.6 is 0 Å². The lowest BCUT2D eigenvalue weighted by molar-refractivity contribution is 0.628. The molecule has 0 radical (unpaired) electrons. The monoisotopic (exact) mass is 139 g/mol. The second-order valence-electron chi connectivity index (χ2n) is 1.81. The molecule has 0 aromatic heterocycles. The summed E-state index contributed by atoms with van der Waals surface area (Å²) >= 11 is 0. The zero-order valence-electron chi connectivity index (χ0n) is 5.13. The van der Waals surface area contributed by atoms with Gasteiger partial charge in [0.15, 0.2) is 0 Å². The lowest BCUT2D eigenvalue weighted by atomic mass is 10.3. The van der Waals surface area contributed by atoms with E-state index in [-0.39, 0.29) is 5.69 Å². The summed E-state index contributed by atoms with van der Waals surface area (Å²) in [7, 11) is 0. The van der Waals surface area contributed by atoms with E-state index in [4.69, 9.17) is 11.3 Å². The van der Waals surface area contributed by atoms with Crippen molar-refractivity contribution in [1.29, 1.82) is 5.53 Å². The summed E-state index contributed by atoms with van der Waals surface area (Å²) in [6.07, 6.45) is 0. The van der Waals surface area contributed by atoms with Gasteiger partial charge in [-0.25, -0.2) is 9.92 Å². The maximum Gasteiger partial charge on any atom is 0.125 e. The molecule has 0 bridgehead atoms. The first-order chi connectivity index (χ1) is 4.74. The molecule has 1 aromatic rings. The Morgan fingerprint density at radius 3 is 2.70 bits per heavy atom. The molecule has 3 N–H and O–H groups in total. The number of benzene rings is 1. The quantitative estimate of drug-likeness (QED) is 0.454. The van der Waals surface area contributed by atoms with Crippen LogP contribution in [0.1, 0.15) is 0 Å². The number of nitrogen functional groups attached to an aromatic ring is 1. The van der Waals surface area contributed by atoms with Gasteiger partial charge in [-0.2, -0.15) is 5.11 Å². The lowest BCUT2D eigenvalue weighted by Gasteiger charge is -1.95. The number of rotatable bonds is 1. The molecule has 1 aromatic carbocycles. The van der Waals surface area contributed by atoms with Gasteiger partial charge in [-0.05, 0) is 12.1 Å². The van der Waals surface area contributed by atoms with Crippen LogP contribution in [0.25, 0.3) is 0 Å². The molecule has 0 aliphatic rings. The first-order valence-corrected chi connectivity index (χ1v) is 2.66. The summed E-state index contributed by atoms with van der Waals surface area (Å²) in [5.41, 5.74) is 12.4. The summed E-state index contributed by atoms with van der Waals surface area (Å²) in [6.45, 7) is 0. The Kier molecular flexibility index (Phi) is 1.62. The molecule has 0 atom stereocenters. The Morgan fingerprint density at radius 1 is 1.50 bits per heavy atom. The van der Waals surface area contributed by atoms with E-state index in [0.29, 0.717) is 5.69 Å². The minimum absolute atomic E-state index is 0.167. The Balaban J connectivity index is 3.21. The van der Waals surface area contributed by atoms with Crippen LogP contribution in [0.5, 0.6) is 0 Å². The van der Waals surface area contributed by atoms with Crippen LogP contribution in [0, 0.1) is 11.3 Å². The van der Waals surface area contributed by atoms with E-state index in [1.54, 1.807) is 0 Å². The number of nitrogens with two attached hydrogens (primary N) is 1. The van der Waals surface area contributed by atoms with E-state index in [0.717, 1.165) is 6.07 Å². The van der Waals surface area contributed by atoms with Crippen molar-refractivity contribution in [3.63, 3.8) is 0 Å². The van der Waals surface area contributed by atoms with Crippen LogP contribution in [0.3, 0.4) is 0 Å². The molecule has 0 spiro atoms. The van der Waals surface area contributed by atoms with Gasteiger partial charge in [-0.15, -0.1) is 0 Å². The number of hydrogen-bond donors (Lipinski definition) is 2. The predicted molar refractivity (Wildman–Crippen MR) is 35.6 cm³/mol. The smallest absolute Gasteiger partial charge is 0.125 e. The minimum atomic E-state index is -0.430. The highest BCUT2D eigenvalue weighted by Gasteiger charge is 1.97. The zero-order valence-corrected chi connectivity index (χ0v) is 5.13. The summed E-state index contributed by atoms with van der Waals surface area (Å²) < 4.78 is 12.3. The average molecular weight is 139 g/mol. The summed E-state index contributed by atoms with van der Waals surface area (Å²) in [5.74, 6) is -0.430. The van der Waals surface area contributed by atoms with Crippen molar-refractivity contribution in [1.82, 2.24) is 0 Å². The van der Waals surface area contributed by atoms with Gasteiger partial charge in [0.05, 0.1) is 5.69 Å². The van der Waals surface area contributed by atoms with Crippen LogP contribution in [0.4, 0.5) is 15.8 Å². The Labute approximate surface area is 57.2 Å². The first kappa shape index (κ1) is 6.67. The van der Waals surface area contributed by atoms with Crippen LogP contribution in [0.2, 0.25) is 0 Å². The van der Waals surface area contributed by atoms with Crippen molar-refractivity contribution in [2.75, 3.05) is 5.73 Å². The molecule has 3 nitrogen and oxygen atoms in total. The first-order valence-electron chi connectivity index (χ1n) is 2.66. The SMILES string of the molecule is N=Nc1cc(F)ccc1N. The number of halogens is 1. The minimum Gasteiger partial charge on any atom is -0.397 e. The molecule has 1 rings (SSSR count). The fourth-order valence-corrected chi connectivity index (χ4v) is 0.614. The van der Waals surface area contributed by atoms with Crippen LogP contribution < -0.4 is 5.73 Å². The van der Waals surface area contributed by atoms with Gasteiger partial charge in [-0.1, -0.05) is 0 Å². The van der Waals surface area contributed by atoms with Crippen LogP contribution in [-0.2, 0) is 0 Å². The third-order valence-electron chi connectivity index (χ3n) is 1.11. The fraction of sp³-hybridized carbons (Fsp3) is 0. The van der Waals surface area contributed by atoms with E-state index in [9.17, 15) is 4.39 Å². The van der Waals surface area contributed by atoms with Crippen molar-refractivity contribution < 1.29 is 4.39 Å². The van der Waals surface area contributed by atoms with Gasteiger partial charge >= 0.3 is 0 Å². The molecule has 0 amide bonds. The van der Waals surface area contributed by atoms with Crippen molar-refractivity contribution in [2.45, 2.75) is 0 Å². The van der Waals surface area contributed by atoms with E-state index >= 15 is 0 Å². The Morgan fingerprint density at radius 2 is 2.20 bits per heavy atom. The number of hydrogen-bond acceptors (Lipinski definition) is 3. The third-order valence-corrected chi connectivity index (χ3v) is 1.11. The molecule has 0 unspecified atom stereocenters. The van der Waals surface area contributed by atoms with Gasteiger partial charge < -0.3 is 5.73 Å². The second kappa shape index (κ2) is 2.43. The van der Waals surface area contributed by atoms with Crippen molar-refractivity contribution >= 4 is 11.4 Å². The van der Waals surface area contributed by atoms with Crippen molar-refractivity contribution in [3.8, 4) is 0 Å². The predicted octanol–water partition coefficient (Wildman–Crippen LogP) is 2.07. The highest BCUT2D eigenvalue weighted by Crippen LogP contribution is 2.21. The van der Waals surface area contributed by atoms with E-state index in [2.05, 4.69) is 5.11 Å². The standard InChI is InChI=1S/C6H6FN3/c7-4-1-2-5(8)6(3-4)10-9/h1-3,9H,8H2. The molecular weight excluding hydrogens is 133 g/mol. The maximum atomic E-state index is 12.3. The molecule has 0 fully saturated rings. The summed E-state index contributed by atoms with van der Waals surface area (Å²) in [6, 6.07) is 3.72. The topological polar surface area (TPSA) is 62.2 Å². The maximum absolute atomic E-state index is 12.3. The second-order valence-corrected chi connectivity index (χ2v) is 1.81. The molecule has 4 heteroatoms. The van der Waals surface area contributed by atoms with E-state index in [1.807, 2.05) is 0 Å². The van der Waals surface area contributed by atoms with Gasteiger partial charge in [0, 0.05) is 6.07 Å². The summed E-state index contributed by atoms with van der Waals surface area (Å²) in [4.78, 5) is 0. The zero-order chi connectivity index (χ0) is 7.56. The number of nitrogens with one attached hydrogen (secondary N) is 1. The van der Waals surface area contributed by atoms with Crippen LogP contribution in [0.15, 0.2) is 23.3 Å². The molecule has 0 aliphatic carbocycles. The normalized spacial score (nSPS) is 9.30. The number of nitrogens with zero attached hydrogens (tertiary/aromatic N) is 1. The highest BCUT2D eigenvalue weighted by molar-refractivity contribution is 5.61. The van der Waals surface area contributed by atoms with Crippen LogP contribution in [-0.4, -0.2) is 0 Å². The van der Waals surface area contributed by atoms with Gasteiger partial charge in [0.25, 0.3) is 0 Å².